The molecule has 0 aliphatic carbocycles. The molecule has 1 saturated heterocycles. The number of rotatable bonds is 4. The SMILES string of the molecule is Nc1ncnn2c(-c3cccc(C(=O)N[C@@H]4CN(C(=O)[C@@H](O)C(F)(F)F)C[C@@H]4F)c3)cc(C(F)(F)F)c12. The van der Waals surface area contributed by atoms with Gasteiger partial charge in [0.15, 0.2) is 5.82 Å². The third-order valence-electron chi connectivity index (χ3n) is 5.73. The molecule has 198 valence electrons. The first kappa shape index (κ1) is 26.1. The molecule has 37 heavy (non-hydrogen) atoms. The quantitative estimate of drug-likeness (QED) is 0.441. The van der Waals surface area contributed by atoms with Gasteiger partial charge in [-0.25, -0.2) is 13.9 Å². The molecule has 16 heteroatoms. The van der Waals surface area contributed by atoms with E-state index < -0.39 is 72.5 Å². The average molecular weight is 534 g/mol. The van der Waals surface area contributed by atoms with Gasteiger partial charge >= 0.3 is 12.4 Å². The largest absolute Gasteiger partial charge is 0.423 e. The van der Waals surface area contributed by atoms with Crippen LogP contribution in [0.1, 0.15) is 15.9 Å². The van der Waals surface area contributed by atoms with Crippen molar-refractivity contribution in [1.29, 1.82) is 0 Å². The fourth-order valence-corrected chi connectivity index (χ4v) is 3.95. The summed E-state index contributed by atoms with van der Waals surface area (Å²) in [5, 5.41) is 15.2. The van der Waals surface area contributed by atoms with E-state index >= 15 is 0 Å². The Morgan fingerprint density at radius 2 is 1.84 bits per heavy atom. The number of nitrogen functional groups attached to an aromatic ring is 1. The summed E-state index contributed by atoms with van der Waals surface area (Å²) in [5.74, 6) is -3.07. The normalized spacial score (nSPS) is 19.3. The summed E-state index contributed by atoms with van der Waals surface area (Å²) in [7, 11) is 0. The summed E-state index contributed by atoms with van der Waals surface area (Å²) >= 11 is 0. The van der Waals surface area contributed by atoms with E-state index in [9.17, 15) is 40.3 Å². The van der Waals surface area contributed by atoms with E-state index in [1.807, 2.05) is 0 Å². The number of hydrogen-bond donors (Lipinski definition) is 3. The smallest absolute Gasteiger partial charge is 0.382 e. The number of alkyl halides is 7. The molecule has 0 saturated carbocycles. The van der Waals surface area contributed by atoms with Crippen molar-refractivity contribution >= 4 is 23.1 Å². The van der Waals surface area contributed by atoms with Crippen LogP contribution in [0.15, 0.2) is 36.7 Å². The number of nitrogens with zero attached hydrogens (tertiary/aromatic N) is 4. The highest BCUT2D eigenvalue weighted by Gasteiger charge is 2.48. The first-order valence-electron chi connectivity index (χ1n) is 10.5. The lowest BCUT2D eigenvalue weighted by Gasteiger charge is -2.21. The minimum Gasteiger partial charge on any atom is -0.382 e. The van der Waals surface area contributed by atoms with E-state index in [0.717, 1.165) is 16.9 Å². The molecule has 1 aliphatic heterocycles. The van der Waals surface area contributed by atoms with E-state index in [0.29, 0.717) is 4.90 Å². The summed E-state index contributed by atoms with van der Waals surface area (Å²) < 4.78 is 93.8. The van der Waals surface area contributed by atoms with Gasteiger partial charge in [-0.05, 0) is 18.2 Å². The molecule has 1 aliphatic rings. The van der Waals surface area contributed by atoms with Crippen LogP contribution >= 0.6 is 0 Å². The topological polar surface area (TPSA) is 126 Å². The number of anilines is 1. The zero-order chi connectivity index (χ0) is 27.3. The van der Waals surface area contributed by atoms with Gasteiger partial charge in [-0.1, -0.05) is 12.1 Å². The van der Waals surface area contributed by atoms with Gasteiger partial charge in [0.2, 0.25) is 6.10 Å². The van der Waals surface area contributed by atoms with Gasteiger partial charge in [-0.2, -0.15) is 31.4 Å². The molecule has 3 heterocycles. The first-order valence-corrected chi connectivity index (χ1v) is 10.5. The second-order valence-corrected chi connectivity index (χ2v) is 8.21. The number of aliphatic hydroxyl groups excluding tert-OH is 1. The standard InChI is InChI=1S/C21H17F7N6O3/c22-12-6-33(19(37)16(35)21(26,27)28)7-13(12)32-18(36)10-3-1-2-9(4-10)14-5-11(20(23,24)25)15-17(29)30-8-31-34(14)15/h1-5,8,12-13,16,35H,6-7H2,(H,32,36)(H2,29,30,31)/t12-,13+,16+/m0/s1. The van der Waals surface area contributed by atoms with Crippen molar-refractivity contribution in [2.45, 2.75) is 30.7 Å². The number of carbonyl (C=O) groups excluding carboxylic acids is 2. The number of likely N-dealkylation sites (tertiary alicyclic amines) is 1. The number of benzene rings is 1. The van der Waals surface area contributed by atoms with Crippen molar-refractivity contribution in [3.63, 3.8) is 0 Å². The molecule has 1 aromatic carbocycles. The third kappa shape index (κ3) is 5.00. The Kier molecular flexibility index (Phi) is 6.47. The summed E-state index contributed by atoms with van der Waals surface area (Å²) in [6.07, 6.45) is -14.3. The van der Waals surface area contributed by atoms with E-state index in [1.165, 1.54) is 24.3 Å². The molecular weight excluding hydrogens is 517 g/mol. The Labute approximate surface area is 202 Å². The van der Waals surface area contributed by atoms with Crippen LogP contribution in [0.3, 0.4) is 0 Å². The molecule has 1 fully saturated rings. The zero-order valence-corrected chi connectivity index (χ0v) is 18.4. The van der Waals surface area contributed by atoms with Crippen molar-refractivity contribution in [1.82, 2.24) is 24.8 Å². The predicted octanol–water partition coefficient (Wildman–Crippen LogP) is 2.20. The lowest BCUT2D eigenvalue weighted by Crippen LogP contribution is -2.47. The highest BCUT2D eigenvalue weighted by molar-refractivity contribution is 5.96. The zero-order valence-electron chi connectivity index (χ0n) is 18.4. The molecule has 2 amide bonds. The van der Waals surface area contributed by atoms with Crippen LogP contribution in [-0.4, -0.2) is 74.0 Å². The Balaban J connectivity index is 1.57. The summed E-state index contributed by atoms with van der Waals surface area (Å²) in [6, 6.07) is 4.61. The fraction of sp³-hybridized carbons (Fsp3) is 0.333. The Morgan fingerprint density at radius 3 is 2.49 bits per heavy atom. The number of aromatic nitrogens is 3. The summed E-state index contributed by atoms with van der Waals surface area (Å²) in [4.78, 5) is 28.6. The van der Waals surface area contributed by atoms with Gasteiger partial charge in [0, 0.05) is 17.7 Å². The van der Waals surface area contributed by atoms with Gasteiger partial charge in [0.1, 0.15) is 18.0 Å². The van der Waals surface area contributed by atoms with Crippen LogP contribution in [0.2, 0.25) is 0 Å². The molecule has 3 aromatic rings. The van der Waals surface area contributed by atoms with E-state index in [1.54, 1.807) is 0 Å². The minimum atomic E-state index is -5.24. The Bertz CT molecular complexity index is 1360. The lowest BCUT2D eigenvalue weighted by molar-refractivity contribution is -0.210. The number of hydrogen-bond acceptors (Lipinski definition) is 6. The highest BCUT2D eigenvalue weighted by atomic mass is 19.4. The Hall–Kier alpha value is -3.95. The number of fused-ring (bicyclic) bond motifs is 1. The van der Waals surface area contributed by atoms with Crippen molar-refractivity contribution in [3.8, 4) is 11.3 Å². The number of aliphatic hydroxyl groups is 1. The molecular formula is C21H17F7N6O3. The molecule has 0 unspecified atom stereocenters. The minimum absolute atomic E-state index is 0.0757. The molecule has 3 atom stereocenters. The second-order valence-electron chi connectivity index (χ2n) is 8.21. The lowest BCUT2D eigenvalue weighted by atomic mass is 10.1. The molecule has 0 bridgehead atoms. The van der Waals surface area contributed by atoms with Crippen LogP contribution in [-0.2, 0) is 11.0 Å². The molecule has 0 spiro atoms. The molecule has 2 aromatic heterocycles. The maximum atomic E-state index is 14.4. The summed E-state index contributed by atoms with van der Waals surface area (Å²) in [5.41, 5.74) is 3.96. The van der Waals surface area contributed by atoms with Gasteiger partial charge in [-0.15, -0.1) is 0 Å². The van der Waals surface area contributed by atoms with Crippen LogP contribution < -0.4 is 11.1 Å². The fourth-order valence-electron chi connectivity index (χ4n) is 3.95. The number of nitrogens with one attached hydrogen (secondary N) is 1. The van der Waals surface area contributed by atoms with Crippen molar-refractivity contribution in [3.05, 3.63) is 47.8 Å². The molecule has 0 radical (unpaired) electrons. The molecule has 9 nitrogen and oxygen atoms in total. The van der Waals surface area contributed by atoms with E-state index in [-0.39, 0.29) is 16.8 Å². The van der Waals surface area contributed by atoms with Gasteiger partial charge < -0.3 is 21.1 Å². The van der Waals surface area contributed by atoms with Crippen LogP contribution in [0.4, 0.5) is 36.6 Å². The second kappa shape index (κ2) is 9.17. The maximum Gasteiger partial charge on any atom is 0.423 e. The molecule has 4 N–H and O–H groups in total. The molecule has 4 rings (SSSR count). The number of halogens is 7. The summed E-state index contributed by atoms with van der Waals surface area (Å²) in [6.45, 7) is -1.42. The number of nitrogens with two attached hydrogens (primary N) is 1. The average Bonchev–Trinajstić information content (AvgIpc) is 3.39. The monoisotopic (exact) mass is 534 g/mol. The Morgan fingerprint density at radius 1 is 1.14 bits per heavy atom. The van der Waals surface area contributed by atoms with Gasteiger partial charge in [-0.3, -0.25) is 9.59 Å². The van der Waals surface area contributed by atoms with E-state index in [4.69, 9.17) is 10.8 Å². The first-order chi connectivity index (χ1) is 17.2. The van der Waals surface area contributed by atoms with Crippen LogP contribution in [0, 0.1) is 0 Å². The van der Waals surface area contributed by atoms with Crippen molar-refractivity contribution < 1.29 is 45.4 Å². The van der Waals surface area contributed by atoms with Crippen molar-refractivity contribution in [2.24, 2.45) is 0 Å². The van der Waals surface area contributed by atoms with Crippen LogP contribution in [0.25, 0.3) is 16.8 Å². The maximum absolute atomic E-state index is 14.4. The van der Waals surface area contributed by atoms with Crippen molar-refractivity contribution in [2.75, 3.05) is 18.8 Å². The third-order valence-corrected chi connectivity index (χ3v) is 5.73. The van der Waals surface area contributed by atoms with Crippen LogP contribution in [0.5, 0.6) is 0 Å². The van der Waals surface area contributed by atoms with Gasteiger partial charge in [0.05, 0.1) is 23.8 Å². The number of carbonyl (C=O) groups is 2. The highest BCUT2D eigenvalue weighted by Crippen LogP contribution is 2.38. The number of amides is 2. The predicted molar refractivity (Wildman–Crippen MR) is 113 cm³/mol. The van der Waals surface area contributed by atoms with Gasteiger partial charge in [0.25, 0.3) is 11.8 Å². The van der Waals surface area contributed by atoms with E-state index in [2.05, 4.69) is 15.4 Å².